The van der Waals surface area contributed by atoms with Gasteiger partial charge in [-0.05, 0) is 13.8 Å². The van der Waals surface area contributed by atoms with E-state index in [1.807, 2.05) is 37.3 Å². The number of aliphatic hydroxyl groups is 3. The largest absolute Gasteiger partial charge is 0.394 e. The van der Waals surface area contributed by atoms with Gasteiger partial charge < -0.3 is 20.1 Å². The molecule has 0 fully saturated rings. The normalized spacial score (nSPS) is 18.1. The van der Waals surface area contributed by atoms with Gasteiger partial charge in [-0.25, -0.2) is 0 Å². The third-order valence-electron chi connectivity index (χ3n) is 2.92. The maximum absolute atomic E-state index is 9.77. The highest BCUT2D eigenvalue weighted by Crippen LogP contribution is 2.22. The molecule has 1 aromatic rings. The van der Waals surface area contributed by atoms with Gasteiger partial charge >= 0.3 is 0 Å². The van der Waals surface area contributed by atoms with E-state index in [1.165, 1.54) is 18.7 Å². The fourth-order valence-electron chi connectivity index (χ4n) is 1.80. The Morgan fingerprint density at radius 2 is 1.86 bits per heavy atom. The van der Waals surface area contributed by atoms with Crippen LogP contribution in [-0.2, 0) is 4.74 Å². The quantitative estimate of drug-likeness (QED) is 0.401. The molecule has 0 heterocycles. The zero-order valence-corrected chi connectivity index (χ0v) is 13.3. The first-order valence-electron chi connectivity index (χ1n) is 6.80. The fourth-order valence-corrected chi connectivity index (χ4v) is 2.69. The molecule has 0 aliphatic rings. The van der Waals surface area contributed by atoms with Crippen LogP contribution >= 0.6 is 11.8 Å². The summed E-state index contributed by atoms with van der Waals surface area (Å²) in [5.41, 5.74) is 0.659. The van der Waals surface area contributed by atoms with Crippen molar-refractivity contribution in [3.63, 3.8) is 0 Å². The van der Waals surface area contributed by atoms with Gasteiger partial charge in [-0.1, -0.05) is 42.1 Å². The fraction of sp³-hybridized carbons (Fsp3) is 0.533. The Hall–Kier alpha value is -0.920. The van der Waals surface area contributed by atoms with Crippen molar-refractivity contribution in [1.29, 1.82) is 0 Å². The predicted octanol–water partition coefficient (Wildman–Crippen LogP) is 1.26. The van der Waals surface area contributed by atoms with Crippen molar-refractivity contribution in [3.05, 3.63) is 35.9 Å². The lowest BCUT2D eigenvalue weighted by atomic mass is 10.1. The Morgan fingerprint density at radius 1 is 1.24 bits per heavy atom. The molecular formula is C15H23NO4S. The van der Waals surface area contributed by atoms with E-state index in [1.54, 1.807) is 7.05 Å². The Morgan fingerprint density at radius 3 is 2.33 bits per heavy atom. The zero-order valence-electron chi connectivity index (χ0n) is 12.5. The average Bonchev–Trinajstić information content (AvgIpc) is 2.50. The van der Waals surface area contributed by atoms with Crippen molar-refractivity contribution in [1.82, 2.24) is 0 Å². The lowest BCUT2D eigenvalue weighted by Crippen LogP contribution is -2.41. The van der Waals surface area contributed by atoms with E-state index in [0.717, 1.165) is 10.6 Å². The minimum Gasteiger partial charge on any atom is -0.394 e. The number of thioether (sulfide) groups is 1. The molecule has 118 valence electrons. The van der Waals surface area contributed by atoms with Crippen molar-refractivity contribution in [2.24, 2.45) is 4.99 Å². The molecular weight excluding hydrogens is 290 g/mol. The highest BCUT2D eigenvalue weighted by Gasteiger charge is 2.26. The summed E-state index contributed by atoms with van der Waals surface area (Å²) in [5.74, 6) is 0. The molecule has 0 bridgehead atoms. The topological polar surface area (TPSA) is 82.3 Å². The molecule has 0 aromatic heterocycles. The second-order valence-electron chi connectivity index (χ2n) is 4.67. The van der Waals surface area contributed by atoms with Crippen LogP contribution in [0.15, 0.2) is 35.3 Å². The minimum absolute atomic E-state index is 0.325. The standard InChI is InChI=1S/C15H23NO4S/c1-10(18)14(19)13(9-17)20-11(2)21-15(16-3)12-7-5-4-6-8-12/h4-8,10-11,13-14,17-19H,9H2,1-3H3/b16-15-/t10-,11?,13-,14+/m1/s1. The second-order valence-corrected chi connectivity index (χ2v) is 5.95. The van der Waals surface area contributed by atoms with E-state index in [4.69, 9.17) is 4.74 Å². The van der Waals surface area contributed by atoms with Gasteiger partial charge in [0.2, 0.25) is 0 Å². The van der Waals surface area contributed by atoms with Crippen LogP contribution in [0.5, 0.6) is 0 Å². The maximum Gasteiger partial charge on any atom is 0.110 e. The van der Waals surface area contributed by atoms with E-state index in [0.29, 0.717) is 0 Å². The highest BCUT2D eigenvalue weighted by atomic mass is 32.2. The van der Waals surface area contributed by atoms with Crippen LogP contribution in [0, 0.1) is 0 Å². The molecule has 6 heteroatoms. The Kier molecular flexibility index (Phi) is 7.92. The molecule has 0 radical (unpaired) electrons. The molecule has 0 aliphatic heterocycles. The van der Waals surface area contributed by atoms with Gasteiger partial charge in [-0.15, -0.1) is 0 Å². The number of benzene rings is 1. The molecule has 3 N–H and O–H groups in total. The number of hydrogen-bond acceptors (Lipinski definition) is 6. The molecule has 1 unspecified atom stereocenters. The van der Waals surface area contributed by atoms with Crippen molar-refractivity contribution in [2.75, 3.05) is 13.7 Å². The summed E-state index contributed by atoms with van der Waals surface area (Å²) in [6.07, 6.45) is -2.93. The molecule has 0 saturated heterocycles. The zero-order chi connectivity index (χ0) is 15.8. The van der Waals surface area contributed by atoms with Gasteiger partial charge in [0.15, 0.2) is 0 Å². The Balaban J connectivity index is 2.65. The molecule has 4 atom stereocenters. The third kappa shape index (κ3) is 5.76. The summed E-state index contributed by atoms with van der Waals surface area (Å²) in [6.45, 7) is 2.91. The summed E-state index contributed by atoms with van der Waals surface area (Å²) in [5, 5.41) is 29.2. The second kappa shape index (κ2) is 9.17. The number of ether oxygens (including phenoxy) is 1. The van der Waals surface area contributed by atoms with E-state index < -0.39 is 18.3 Å². The van der Waals surface area contributed by atoms with E-state index in [9.17, 15) is 15.3 Å². The number of aliphatic hydroxyl groups excluding tert-OH is 3. The van der Waals surface area contributed by atoms with Crippen LogP contribution in [-0.4, -0.2) is 57.8 Å². The van der Waals surface area contributed by atoms with Crippen molar-refractivity contribution >= 4 is 16.8 Å². The van der Waals surface area contributed by atoms with E-state index >= 15 is 0 Å². The van der Waals surface area contributed by atoms with Gasteiger partial charge in [-0.2, -0.15) is 0 Å². The molecule has 1 aromatic carbocycles. The Labute approximate surface area is 129 Å². The molecule has 0 spiro atoms. The van der Waals surface area contributed by atoms with Crippen LogP contribution in [0.3, 0.4) is 0 Å². The first kappa shape index (κ1) is 18.1. The predicted molar refractivity (Wildman–Crippen MR) is 85.6 cm³/mol. The smallest absolute Gasteiger partial charge is 0.110 e. The van der Waals surface area contributed by atoms with Gasteiger partial charge in [0, 0.05) is 12.6 Å². The summed E-state index contributed by atoms with van der Waals surface area (Å²) in [7, 11) is 1.70. The van der Waals surface area contributed by atoms with Crippen LogP contribution in [0.4, 0.5) is 0 Å². The average molecular weight is 313 g/mol. The SMILES string of the molecule is C/N=C(\SC(C)O[C@H](CO)[C@@H](O)[C@@H](C)O)c1ccccc1. The van der Waals surface area contributed by atoms with Crippen molar-refractivity contribution < 1.29 is 20.1 Å². The highest BCUT2D eigenvalue weighted by molar-refractivity contribution is 8.14. The van der Waals surface area contributed by atoms with E-state index in [-0.39, 0.29) is 12.0 Å². The number of aliphatic imine (C=N–C) groups is 1. The maximum atomic E-state index is 9.77. The molecule has 0 amide bonds. The number of nitrogens with zero attached hydrogens (tertiary/aromatic N) is 1. The van der Waals surface area contributed by atoms with Crippen molar-refractivity contribution in [3.8, 4) is 0 Å². The lowest BCUT2D eigenvalue weighted by molar-refractivity contribution is -0.106. The van der Waals surface area contributed by atoms with E-state index in [2.05, 4.69) is 4.99 Å². The van der Waals surface area contributed by atoms with Crippen LogP contribution in [0.1, 0.15) is 19.4 Å². The summed E-state index contributed by atoms with van der Waals surface area (Å²) in [4.78, 5) is 4.24. The van der Waals surface area contributed by atoms with Gasteiger partial charge in [-0.3, -0.25) is 4.99 Å². The first-order valence-corrected chi connectivity index (χ1v) is 7.68. The van der Waals surface area contributed by atoms with Crippen LogP contribution < -0.4 is 0 Å². The van der Waals surface area contributed by atoms with Crippen LogP contribution in [0.2, 0.25) is 0 Å². The number of rotatable bonds is 7. The Bertz CT molecular complexity index is 439. The summed E-state index contributed by atoms with van der Waals surface area (Å²) in [6, 6.07) is 9.70. The summed E-state index contributed by atoms with van der Waals surface area (Å²) >= 11 is 1.39. The van der Waals surface area contributed by atoms with Crippen molar-refractivity contribution in [2.45, 2.75) is 37.6 Å². The van der Waals surface area contributed by atoms with Crippen LogP contribution in [0.25, 0.3) is 0 Å². The molecule has 5 nitrogen and oxygen atoms in total. The monoisotopic (exact) mass is 313 g/mol. The number of hydrogen-bond donors (Lipinski definition) is 3. The third-order valence-corrected chi connectivity index (χ3v) is 4.01. The molecule has 0 saturated carbocycles. The molecule has 21 heavy (non-hydrogen) atoms. The molecule has 0 aliphatic carbocycles. The van der Waals surface area contributed by atoms with Gasteiger partial charge in [0.1, 0.15) is 17.6 Å². The van der Waals surface area contributed by atoms with Gasteiger partial charge in [0.25, 0.3) is 0 Å². The lowest BCUT2D eigenvalue weighted by Gasteiger charge is -2.26. The minimum atomic E-state index is -1.13. The first-order chi connectivity index (χ1) is 9.99. The van der Waals surface area contributed by atoms with Gasteiger partial charge in [0.05, 0.1) is 17.8 Å². The summed E-state index contributed by atoms with van der Waals surface area (Å²) < 4.78 is 5.60. The molecule has 1 rings (SSSR count).